The topological polar surface area (TPSA) is 26.3 Å². The Bertz CT molecular complexity index is 374. The molecule has 0 unspecified atom stereocenters. The van der Waals surface area contributed by atoms with Crippen molar-refractivity contribution in [3.05, 3.63) is 40.1 Å². The Hall–Kier alpha value is -1.16. The molecule has 0 heterocycles. The Morgan fingerprint density at radius 2 is 2.29 bits per heavy atom. The summed E-state index contributed by atoms with van der Waals surface area (Å²) in [6.45, 7) is 0. The van der Waals surface area contributed by atoms with Crippen molar-refractivity contribution in [2.45, 2.75) is 0 Å². The lowest BCUT2D eigenvalue weighted by Gasteiger charge is -1.97. The molecular weight excluding hydrogens is 251 g/mol. The van der Waals surface area contributed by atoms with Gasteiger partial charge in [0.1, 0.15) is 5.82 Å². The highest BCUT2D eigenvalue weighted by Gasteiger charge is 1.99. The van der Waals surface area contributed by atoms with Crippen molar-refractivity contribution in [1.29, 1.82) is 0 Å². The second kappa shape index (κ2) is 4.91. The summed E-state index contributed by atoms with van der Waals surface area (Å²) in [7, 11) is 1.29. The van der Waals surface area contributed by atoms with Gasteiger partial charge in [-0.1, -0.05) is 15.9 Å². The molecule has 0 saturated carbocycles. The fourth-order valence-electron chi connectivity index (χ4n) is 0.868. The molecule has 0 fully saturated rings. The highest BCUT2D eigenvalue weighted by atomic mass is 79.9. The number of hydrogen-bond donors (Lipinski definition) is 0. The molecule has 0 aliphatic carbocycles. The van der Waals surface area contributed by atoms with E-state index in [0.29, 0.717) is 5.56 Å². The van der Waals surface area contributed by atoms with Gasteiger partial charge in [0, 0.05) is 10.5 Å². The molecule has 1 aromatic carbocycles. The van der Waals surface area contributed by atoms with Crippen LogP contribution >= 0.6 is 15.9 Å². The number of halogens is 2. The summed E-state index contributed by atoms with van der Waals surface area (Å²) >= 11 is 3.23. The quantitative estimate of drug-likeness (QED) is 0.603. The van der Waals surface area contributed by atoms with Crippen molar-refractivity contribution < 1.29 is 13.9 Å². The van der Waals surface area contributed by atoms with Gasteiger partial charge in [-0.3, -0.25) is 0 Å². The summed E-state index contributed by atoms with van der Waals surface area (Å²) in [5, 5.41) is 0. The van der Waals surface area contributed by atoms with Crippen LogP contribution in [0.2, 0.25) is 0 Å². The van der Waals surface area contributed by atoms with Crippen LogP contribution in [0.1, 0.15) is 5.56 Å². The number of ether oxygens (including phenoxy) is 1. The molecule has 2 nitrogen and oxygen atoms in total. The fourth-order valence-corrected chi connectivity index (χ4v) is 1.25. The third kappa shape index (κ3) is 2.96. The number of rotatable bonds is 2. The monoisotopic (exact) mass is 258 g/mol. The first-order chi connectivity index (χ1) is 6.63. The second-order valence-corrected chi connectivity index (χ2v) is 3.38. The van der Waals surface area contributed by atoms with Gasteiger partial charge < -0.3 is 4.74 Å². The zero-order valence-corrected chi connectivity index (χ0v) is 9.05. The number of carbonyl (C=O) groups is 1. The van der Waals surface area contributed by atoms with E-state index in [2.05, 4.69) is 20.7 Å². The Kier molecular flexibility index (Phi) is 3.83. The van der Waals surface area contributed by atoms with E-state index in [1.54, 1.807) is 6.07 Å². The van der Waals surface area contributed by atoms with Crippen molar-refractivity contribution in [3.8, 4) is 0 Å². The fraction of sp³-hybridized carbons (Fsp3) is 0.100. The van der Waals surface area contributed by atoms with Crippen LogP contribution in [0.15, 0.2) is 28.7 Å². The average molecular weight is 259 g/mol. The van der Waals surface area contributed by atoms with Gasteiger partial charge in [-0.15, -0.1) is 0 Å². The molecule has 0 radical (unpaired) electrons. The van der Waals surface area contributed by atoms with Gasteiger partial charge in [-0.2, -0.15) is 0 Å². The van der Waals surface area contributed by atoms with Crippen molar-refractivity contribution in [2.24, 2.45) is 0 Å². The van der Waals surface area contributed by atoms with Crippen LogP contribution in [-0.2, 0) is 9.53 Å². The molecule has 0 aromatic heterocycles. The van der Waals surface area contributed by atoms with Crippen LogP contribution in [0.3, 0.4) is 0 Å². The predicted octanol–water partition coefficient (Wildman–Crippen LogP) is 2.77. The van der Waals surface area contributed by atoms with Crippen molar-refractivity contribution >= 4 is 28.0 Å². The van der Waals surface area contributed by atoms with Crippen LogP contribution < -0.4 is 0 Å². The van der Waals surface area contributed by atoms with E-state index in [4.69, 9.17) is 0 Å². The Balaban J connectivity index is 2.90. The molecule has 0 N–H and O–H groups in total. The molecule has 14 heavy (non-hydrogen) atoms. The van der Waals surface area contributed by atoms with Crippen molar-refractivity contribution in [2.75, 3.05) is 7.11 Å². The zero-order chi connectivity index (χ0) is 10.6. The Morgan fingerprint density at radius 3 is 2.93 bits per heavy atom. The van der Waals surface area contributed by atoms with E-state index in [1.807, 2.05) is 0 Å². The zero-order valence-electron chi connectivity index (χ0n) is 7.46. The van der Waals surface area contributed by atoms with Gasteiger partial charge >= 0.3 is 5.97 Å². The van der Waals surface area contributed by atoms with Crippen molar-refractivity contribution in [3.63, 3.8) is 0 Å². The summed E-state index contributed by atoms with van der Waals surface area (Å²) < 4.78 is 17.9. The maximum atomic E-state index is 12.8. The normalized spacial score (nSPS) is 10.5. The van der Waals surface area contributed by atoms with Gasteiger partial charge in [0.15, 0.2) is 0 Å². The molecule has 4 heteroatoms. The minimum absolute atomic E-state index is 0.349. The number of methoxy groups -OCH3 is 1. The summed E-state index contributed by atoms with van der Waals surface area (Å²) in [5.41, 5.74) is 0.593. The molecule has 0 amide bonds. The van der Waals surface area contributed by atoms with Crippen LogP contribution in [-0.4, -0.2) is 13.1 Å². The van der Waals surface area contributed by atoms with Gasteiger partial charge in [0.05, 0.1) is 7.11 Å². The third-order valence-electron chi connectivity index (χ3n) is 1.56. The van der Waals surface area contributed by atoms with E-state index in [-0.39, 0.29) is 5.82 Å². The average Bonchev–Trinajstić information content (AvgIpc) is 2.19. The lowest BCUT2D eigenvalue weighted by atomic mass is 10.2. The lowest BCUT2D eigenvalue weighted by molar-refractivity contribution is -0.134. The molecule has 1 rings (SSSR count). The minimum Gasteiger partial charge on any atom is -0.466 e. The first-order valence-electron chi connectivity index (χ1n) is 3.84. The van der Waals surface area contributed by atoms with Crippen molar-refractivity contribution in [1.82, 2.24) is 0 Å². The minimum atomic E-state index is -0.471. The largest absolute Gasteiger partial charge is 0.466 e. The number of esters is 1. The van der Waals surface area contributed by atoms with Gasteiger partial charge in [0.2, 0.25) is 0 Å². The third-order valence-corrected chi connectivity index (χ3v) is 2.28. The molecule has 0 aliphatic rings. The number of hydrogen-bond acceptors (Lipinski definition) is 2. The smallest absolute Gasteiger partial charge is 0.330 e. The number of carbonyl (C=O) groups excluding carboxylic acids is 1. The summed E-state index contributed by atoms with van der Waals surface area (Å²) in [4.78, 5) is 10.8. The Morgan fingerprint density at radius 1 is 1.57 bits per heavy atom. The highest BCUT2D eigenvalue weighted by Crippen LogP contribution is 2.19. The lowest BCUT2D eigenvalue weighted by Crippen LogP contribution is -1.93. The molecule has 0 atom stereocenters. The molecule has 1 aromatic rings. The van der Waals surface area contributed by atoms with E-state index in [0.717, 1.165) is 4.47 Å². The molecular formula is C10H8BrFO2. The summed E-state index contributed by atoms with van der Waals surface area (Å²) in [6.07, 6.45) is 2.72. The second-order valence-electron chi connectivity index (χ2n) is 2.52. The van der Waals surface area contributed by atoms with E-state index in [1.165, 1.54) is 31.4 Å². The van der Waals surface area contributed by atoms with Crippen LogP contribution in [0.25, 0.3) is 6.08 Å². The van der Waals surface area contributed by atoms with Crippen LogP contribution in [0.5, 0.6) is 0 Å². The molecule has 0 saturated heterocycles. The first kappa shape index (κ1) is 10.9. The molecule has 0 spiro atoms. The highest BCUT2D eigenvalue weighted by molar-refractivity contribution is 9.10. The van der Waals surface area contributed by atoms with Gasteiger partial charge in [0.25, 0.3) is 0 Å². The predicted molar refractivity (Wildman–Crippen MR) is 55.2 cm³/mol. The van der Waals surface area contributed by atoms with Gasteiger partial charge in [-0.05, 0) is 29.8 Å². The maximum Gasteiger partial charge on any atom is 0.330 e. The molecule has 0 aliphatic heterocycles. The molecule has 74 valence electrons. The first-order valence-corrected chi connectivity index (χ1v) is 4.64. The maximum absolute atomic E-state index is 12.8. The van der Waals surface area contributed by atoms with Crippen LogP contribution in [0.4, 0.5) is 4.39 Å². The summed E-state index contributed by atoms with van der Waals surface area (Å²) in [5.74, 6) is -0.820. The standard InChI is InChI=1S/C10H8BrFO2/c1-14-10(13)5-2-7-6-8(12)3-4-9(7)11/h2-6H,1H3. The summed E-state index contributed by atoms with van der Waals surface area (Å²) in [6, 6.07) is 4.23. The molecule has 0 bridgehead atoms. The Labute approximate surface area is 89.5 Å². The SMILES string of the molecule is COC(=O)C=Cc1cc(F)ccc1Br. The van der Waals surface area contributed by atoms with Gasteiger partial charge in [-0.25, -0.2) is 9.18 Å². The van der Waals surface area contributed by atoms with E-state index < -0.39 is 5.97 Å². The van der Waals surface area contributed by atoms with E-state index in [9.17, 15) is 9.18 Å². The van der Waals surface area contributed by atoms with E-state index >= 15 is 0 Å². The number of benzene rings is 1. The van der Waals surface area contributed by atoms with Crippen LogP contribution in [0, 0.1) is 5.82 Å².